The number of benzene rings is 2. The van der Waals surface area contributed by atoms with Crippen molar-refractivity contribution in [1.82, 2.24) is 10.3 Å². The number of hydrogen-bond donors (Lipinski definition) is 2. The van der Waals surface area contributed by atoms with Gasteiger partial charge in [-0.15, -0.1) is 0 Å². The number of nitro benzene ring substituents is 1. The molecule has 3 rings (SSSR count). The fourth-order valence-electron chi connectivity index (χ4n) is 3.22. The van der Waals surface area contributed by atoms with Crippen LogP contribution in [0.4, 0.5) is 5.69 Å². The molecule has 9 heteroatoms. The molecule has 1 aromatic heterocycles. The molecule has 7 nitrogen and oxygen atoms in total. The van der Waals surface area contributed by atoms with E-state index in [2.05, 4.69) is 10.3 Å². The van der Waals surface area contributed by atoms with Crippen molar-refractivity contribution < 1.29 is 14.5 Å². The van der Waals surface area contributed by atoms with Crippen molar-refractivity contribution in [2.24, 2.45) is 0 Å². The molecule has 0 saturated heterocycles. The molecular formula is C20H19Cl2N3O4. The van der Waals surface area contributed by atoms with Gasteiger partial charge in [-0.2, -0.15) is 0 Å². The van der Waals surface area contributed by atoms with Crippen molar-refractivity contribution in [3.8, 4) is 0 Å². The lowest BCUT2D eigenvalue weighted by atomic mass is 9.88. The van der Waals surface area contributed by atoms with Crippen LogP contribution in [0.25, 0.3) is 10.9 Å². The van der Waals surface area contributed by atoms with Crippen LogP contribution in [0.3, 0.4) is 0 Å². The summed E-state index contributed by atoms with van der Waals surface area (Å²) in [6.45, 7) is 0.797. The van der Waals surface area contributed by atoms with E-state index in [0.717, 1.165) is 16.6 Å². The van der Waals surface area contributed by atoms with E-state index in [4.69, 9.17) is 27.9 Å². The second-order valence-corrected chi connectivity index (χ2v) is 7.32. The second-order valence-electron chi connectivity index (χ2n) is 6.50. The minimum atomic E-state index is -0.443. The molecule has 0 radical (unpaired) electrons. The maximum absolute atomic E-state index is 12.5. The molecule has 2 N–H and O–H groups in total. The number of amides is 1. The largest absolute Gasteiger partial charge is 0.383 e. The molecule has 0 saturated carbocycles. The Morgan fingerprint density at radius 1 is 1.24 bits per heavy atom. The van der Waals surface area contributed by atoms with Gasteiger partial charge >= 0.3 is 0 Å². The molecule has 0 bridgehead atoms. The summed E-state index contributed by atoms with van der Waals surface area (Å²) in [6, 6.07) is 9.79. The zero-order chi connectivity index (χ0) is 21.0. The quantitative estimate of drug-likeness (QED) is 0.305. The highest BCUT2D eigenvalue weighted by Crippen LogP contribution is 2.37. The summed E-state index contributed by atoms with van der Waals surface area (Å²) < 4.78 is 4.96. The number of hydrogen-bond acceptors (Lipinski definition) is 4. The Morgan fingerprint density at radius 3 is 2.72 bits per heavy atom. The molecule has 152 valence electrons. The van der Waals surface area contributed by atoms with Crippen LogP contribution in [0.5, 0.6) is 0 Å². The number of non-ortho nitro benzene ring substituents is 1. The fraction of sp³-hybridized carbons (Fsp3) is 0.250. The van der Waals surface area contributed by atoms with Gasteiger partial charge in [0.25, 0.3) is 5.69 Å². The summed E-state index contributed by atoms with van der Waals surface area (Å²) >= 11 is 12.2. The zero-order valence-corrected chi connectivity index (χ0v) is 17.1. The summed E-state index contributed by atoms with van der Waals surface area (Å²) in [6.07, 6.45) is 1.90. The first-order chi connectivity index (χ1) is 13.9. The standard InChI is InChI=1S/C20H19Cl2N3O4/c1-29-7-6-23-20(26)10-14(12-2-4-17(21)18(22)8-12)16-11-24-19-5-3-13(25(27)28)9-15(16)19/h2-5,8-9,11,14,24H,6-7,10H2,1H3,(H,23,26)/t14-/m0/s1. The molecule has 1 amide bonds. The minimum Gasteiger partial charge on any atom is -0.383 e. The number of aromatic nitrogens is 1. The van der Waals surface area contributed by atoms with Gasteiger partial charge in [-0.1, -0.05) is 29.3 Å². The van der Waals surface area contributed by atoms with Crippen LogP contribution in [0.2, 0.25) is 10.0 Å². The average Bonchev–Trinajstić information content (AvgIpc) is 3.11. The number of carbonyl (C=O) groups excluding carboxylic acids is 1. The van der Waals surface area contributed by atoms with Crippen LogP contribution in [-0.2, 0) is 9.53 Å². The highest BCUT2D eigenvalue weighted by atomic mass is 35.5. The van der Waals surface area contributed by atoms with Crippen LogP contribution in [0, 0.1) is 10.1 Å². The number of nitro groups is 1. The Bertz CT molecular complexity index is 1050. The van der Waals surface area contributed by atoms with E-state index in [9.17, 15) is 14.9 Å². The van der Waals surface area contributed by atoms with E-state index in [-0.39, 0.29) is 23.9 Å². The number of H-pyrrole nitrogens is 1. The number of nitrogens with zero attached hydrogens (tertiary/aromatic N) is 1. The third kappa shape index (κ3) is 4.87. The van der Waals surface area contributed by atoms with Crippen molar-refractivity contribution in [2.45, 2.75) is 12.3 Å². The maximum atomic E-state index is 12.5. The fourth-order valence-corrected chi connectivity index (χ4v) is 3.53. The molecule has 0 unspecified atom stereocenters. The summed E-state index contributed by atoms with van der Waals surface area (Å²) in [4.78, 5) is 26.4. The van der Waals surface area contributed by atoms with Gasteiger partial charge in [-0.3, -0.25) is 14.9 Å². The van der Waals surface area contributed by atoms with Crippen LogP contribution in [0.15, 0.2) is 42.6 Å². The normalized spacial score (nSPS) is 12.1. The predicted octanol–water partition coefficient (Wildman–Crippen LogP) is 4.67. The summed E-state index contributed by atoms with van der Waals surface area (Å²) in [5.74, 6) is -0.541. The molecule has 0 fully saturated rings. The number of halogens is 2. The van der Waals surface area contributed by atoms with Crippen molar-refractivity contribution in [3.05, 3.63) is 73.9 Å². The van der Waals surface area contributed by atoms with Gasteiger partial charge in [0.05, 0.1) is 21.6 Å². The Kier molecular flexibility index (Phi) is 6.74. The third-order valence-corrected chi connectivity index (χ3v) is 5.39. The Morgan fingerprint density at radius 2 is 2.03 bits per heavy atom. The van der Waals surface area contributed by atoms with Gasteiger partial charge in [0.2, 0.25) is 5.91 Å². The molecule has 29 heavy (non-hydrogen) atoms. The van der Waals surface area contributed by atoms with Gasteiger partial charge in [0, 0.05) is 55.2 Å². The summed E-state index contributed by atoms with van der Waals surface area (Å²) in [5.41, 5.74) is 2.28. The van der Waals surface area contributed by atoms with Crippen molar-refractivity contribution in [3.63, 3.8) is 0 Å². The average molecular weight is 436 g/mol. The molecule has 0 aliphatic heterocycles. The van der Waals surface area contributed by atoms with Crippen LogP contribution < -0.4 is 5.32 Å². The van der Waals surface area contributed by atoms with Crippen molar-refractivity contribution in [1.29, 1.82) is 0 Å². The van der Waals surface area contributed by atoms with E-state index in [1.165, 1.54) is 12.1 Å². The van der Waals surface area contributed by atoms with Gasteiger partial charge in [0.1, 0.15) is 0 Å². The van der Waals surface area contributed by atoms with E-state index in [0.29, 0.717) is 28.6 Å². The highest BCUT2D eigenvalue weighted by molar-refractivity contribution is 6.42. The molecule has 2 aromatic carbocycles. The molecule has 3 aromatic rings. The van der Waals surface area contributed by atoms with Crippen molar-refractivity contribution >= 4 is 45.7 Å². The van der Waals surface area contributed by atoms with Crippen LogP contribution in [-0.4, -0.2) is 36.1 Å². The number of nitrogens with one attached hydrogen (secondary N) is 2. The lowest BCUT2D eigenvalue weighted by Crippen LogP contribution is -2.28. The van der Waals surface area contributed by atoms with E-state index in [1.807, 2.05) is 0 Å². The van der Waals surface area contributed by atoms with Crippen LogP contribution >= 0.6 is 23.2 Å². The number of rotatable bonds is 8. The lowest BCUT2D eigenvalue weighted by Gasteiger charge is -2.18. The van der Waals surface area contributed by atoms with Crippen molar-refractivity contribution in [2.75, 3.05) is 20.3 Å². The number of ether oxygens (including phenoxy) is 1. The van der Waals surface area contributed by atoms with Gasteiger partial charge in [0.15, 0.2) is 0 Å². The second kappa shape index (κ2) is 9.26. The number of methoxy groups -OCH3 is 1. The van der Waals surface area contributed by atoms with E-state index < -0.39 is 4.92 Å². The Labute approximate surface area is 177 Å². The highest BCUT2D eigenvalue weighted by Gasteiger charge is 2.23. The molecule has 0 aliphatic carbocycles. The number of fused-ring (bicyclic) bond motifs is 1. The smallest absolute Gasteiger partial charge is 0.270 e. The molecular weight excluding hydrogens is 417 g/mol. The van der Waals surface area contributed by atoms with E-state index >= 15 is 0 Å². The third-order valence-electron chi connectivity index (χ3n) is 4.65. The predicted molar refractivity (Wildman–Crippen MR) is 113 cm³/mol. The zero-order valence-electron chi connectivity index (χ0n) is 15.6. The summed E-state index contributed by atoms with van der Waals surface area (Å²) in [5, 5.41) is 15.5. The SMILES string of the molecule is COCCNC(=O)C[C@@H](c1ccc(Cl)c(Cl)c1)c1c[nH]c2ccc([N+](=O)[O-])cc12. The Balaban J connectivity index is 2.03. The molecule has 1 heterocycles. The van der Waals surface area contributed by atoms with Gasteiger partial charge < -0.3 is 15.0 Å². The number of aromatic amines is 1. The first-order valence-electron chi connectivity index (χ1n) is 8.86. The van der Waals surface area contributed by atoms with Crippen LogP contribution in [0.1, 0.15) is 23.5 Å². The first kappa shape index (κ1) is 21.1. The summed E-state index contributed by atoms with van der Waals surface area (Å²) in [7, 11) is 1.56. The lowest BCUT2D eigenvalue weighted by molar-refractivity contribution is -0.384. The first-order valence-corrected chi connectivity index (χ1v) is 9.62. The van der Waals surface area contributed by atoms with Gasteiger partial charge in [-0.05, 0) is 29.3 Å². The number of carbonyl (C=O) groups is 1. The maximum Gasteiger partial charge on any atom is 0.270 e. The van der Waals surface area contributed by atoms with E-state index in [1.54, 1.807) is 37.6 Å². The topological polar surface area (TPSA) is 97.3 Å². The van der Waals surface area contributed by atoms with Gasteiger partial charge in [-0.25, -0.2) is 0 Å². The minimum absolute atomic E-state index is 0.0178. The Hall–Kier alpha value is -2.61. The molecule has 0 aliphatic rings. The monoisotopic (exact) mass is 435 g/mol. The molecule has 0 spiro atoms. The molecule has 1 atom stereocenters.